The van der Waals surface area contributed by atoms with E-state index in [1.807, 2.05) is 44.9 Å². The van der Waals surface area contributed by atoms with E-state index in [9.17, 15) is 0 Å². The van der Waals surface area contributed by atoms with Crippen LogP contribution in [0.25, 0.3) is 0 Å². The summed E-state index contributed by atoms with van der Waals surface area (Å²) < 4.78 is 1.82. The molecule has 2 aromatic rings. The Morgan fingerprint density at radius 1 is 1.33 bits per heavy atom. The van der Waals surface area contributed by atoms with Gasteiger partial charge in [-0.3, -0.25) is 4.68 Å². The number of hydrogen-bond donors (Lipinski definition) is 1. The normalized spacial score (nSPS) is 12.7. The Labute approximate surface area is 107 Å². The van der Waals surface area contributed by atoms with Gasteiger partial charge >= 0.3 is 0 Å². The molecule has 0 aromatic carbocycles. The van der Waals surface area contributed by atoms with E-state index in [1.54, 1.807) is 0 Å². The Morgan fingerprint density at radius 3 is 2.72 bits per heavy atom. The van der Waals surface area contributed by atoms with Crippen molar-refractivity contribution in [3.63, 3.8) is 0 Å². The number of nitrogens with zero attached hydrogens (tertiary/aromatic N) is 4. The summed E-state index contributed by atoms with van der Waals surface area (Å²) in [7, 11) is 3.89. The van der Waals surface area contributed by atoms with Crippen molar-refractivity contribution in [3.8, 4) is 0 Å². The minimum Gasteiger partial charge on any atom is -0.313 e. The lowest BCUT2D eigenvalue weighted by Gasteiger charge is -2.17. The number of hydrogen-bond acceptors (Lipinski definition) is 4. The molecule has 2 aromatic heterocycles. The number of aromatic nitrogens is 4. The Kier molecular flexibility index (Phi) is 3.72. The van der Waals surface area contributed by atoms with Gasteiger partial charge < -0.3 is 5.32 Å². The van der Waals surface area contributed by atoms with Crippen molar-refractivity contribution in [1.29, 1.82) is 0 Å². The molecule has 2 rings (SSSR count). The van der Waals surface area contributed by atoms with Crippen LogP contribution in [0.4, 0.5) is 0 Å². The van der Waals surface area contributed by atoms with Gasteiger partial charge in [-0.05, 0) is 38.6 Å². The fourth-order valence-electron chi connectivity index (χ4n) is 2.07. The van der Waals surface area contributed by atoms with Crippen LogP contribution in [0.15, 0.2) is 18.3 Å². The highest BCUT2D eigenvalue weighted by atomic mass is 15.2. The first-order chi connectivity index (χ1) is 8.60. The zero-order valence-electron chi connectivity index (χ0n) is 11.3. The lowest BCUT2D eigenvalue weighted by atomic mass is 10.0. The van der Waals surface area contributed by atoms with Crippen molar-refractivity contribution < 1.29 is 0 Å². The van der Waals surface area contributed by atoms with Crippen LogP contribution in [0, 0.1) is 13.8 Å². The van der Waals surface area contributed by atoms with Gasteiger partial charge in [-0.1, -0.05) is 0 Å². The molecule has 0 saturated carbocycles. The van der Waals surface area contributed by atoms with Crippen LogP contribution < -0.4 is 5.32 Å². The third-order valence-corrected chi connectivity index (χ3v) is 3.05. The lowest BCUT2D eigenvalue weighted by Crippen LogP contribution is -2.21. The quantitative estimate of drug-likeness (QED) is 0.883. The van der Waals surface area contributed by atoms with Gasteiger partial charge in [-0.25, -0.2) is 0 Å². The van der Waals surface area contributed by atoms with Crippen LogP contribution in [-0.4, -0.2) is 27.0 Å². The summed E-state index contributed by atoms with van der Waals surface area (Å²) in [4.78, 5) is 0. The second-order valence-corrected chi connectivity index (χ2v) is 4.55. The largest absolute Gasteiger partial charge is 0.313 e. The molecule has 96 valence electrons. The van der Waals surface area contributed by atoms with Crippen LogP contribution in [0.2, 0.25) is 0 Å². The summed E-state index contributed by atoms with van der Waals surface area (Å²) in [5.74, 6) is 0. The van der Waals surface area contributed by atoms with Crippen molar-refractivity contribution in [1.82, 2.24) is 25.3 Å². The highest BCUT2D eigenvalue weighted by molar-refractivity contribution is 5.25. The summed E-state index contributed by atoms with van der Waals surface area (Å²) in [6, 6.07) is 4.35. The topological polar surface area (TPSA) is 55.6 Å². The summed E-state index contributed by atoms with van der Waals surface area (Å²) >= 11 is 0. The van der Waals surface area contributed by atoms with Crippen LogP contribution in [-0.2, 0) is 13.5 Å². The third-order valence-electron chi connectivity index (χ3n) is 3.05. The molecule has 0 spiro atoms. The fourth-order valence-corrected chi connectivity index (χ4v) is 2.07. The molecule has 0 aliphatic rings. The van der Waals surface area contributed by atoms with Crippen molar-refractivity contribution in [2.45, 2.75) is 26.3 Å². The molecule has 0 bridgehead atoms. The van der Waals surface area contributed by atoms with E-state index in [4.69, 9.17) is 0 Å². The first-order valence-electron chi connectivity index (χ1n) is 6.06. The molecule has 0 aliphatic carbocycles. The van der Waals surface area contributed by atoms with Gasteiger partial charge in [0, 0.05) is 25.7 Å². The molecule has 1 N–H and O–H groups in total. The van der Waals surface area contributed by atoms with Crippen molar-refractivity contribution in [3.05, 3.63) is 41.0 Å². The number of likely N-dealkylation sites (N-methyl/N-ethyl adjacent to an activating group) is 1. The van der Waals surface area contributed by atoms with Gasteiger partial charge in [0.05, 0.1) is 17.1 Å². The van der Waals surface area contributed by atoms with Gasteiger partial charge in [0.1, 0.15) is 0 Å². The molecule has 0 saturated heterocycles. The zero-order chi connectivity index (χ0) is 13.1. The molecular weight excluding hydrogens is 226 g/mol. The van der Waals surface area contributed by atoms with Crippen molar-refractivity contribution in [2.24, 2.45) is 7.05 Å². The molecular formula is C13H19N5. The summed E-state index contributed by atoms with van der Waals surface area (Å²) in [6.07, 6.45) is 2.81. The van der Waals surface area contributed by atoms with Gasteiger partial charge in [-0.2, -0.15) is 15.3 Å². The van der Waals surface area contributed by atoms with Crippen LogP contribution in [0.5, 0.6) is 0 Å². The Bertz CT molecular complexity index is 532. The minimum atomic E-state index is 0.217. The van der Waals surface area contributed by atoms with E-state index in [0.29, 0.717) is 0 Å². The minimum absolute atomic E-state index is 0.217. The highest BCUT2D eigenvalue weighted by Gasteiger charge is 2.15. The molecule has 18 heavy (non-hydrogen) atoms. The van der Waals surface area contributed by atoms with Gasteiger partial charge in [0.15, 0.2) is 0 Å². The zero-order valence-corrected chi connectivity index (χ0v) is 11.3. The molecule has 0 aliphatic heterocycles. The van der Waals surface area contributed by atoms with E-state index in [0.717, 1.165) is 23.5 Å². The van der Waals surface area contributed by atoms with Crippen molar-refractivity contribution in [2.75, 3.05) is 7.05 Å². The Balaban J connectivity index is 2.25. The second-order valence-electron chi connectivity index (χ2n) is 4.55. The van der Waals surface area contributed by atoms with Crippen molar-refractivity contribution >= 4 is 0 Å². The average Bonchev–Trinajstić information content (AvgIpc) is 2.75. The molecule has 1 atom stereocenters. The van der Waals surface area contributed by atoms with Crippen LogP contribution in [0.3, 0.4) is 0 Å². The van der Waals surface area contributed by atoms with Gasteiger partial charge in [-0.15, -0.1) is 0 Å². The number of nitrogens with one attached hydrogen (secondary N) is 1. The maximum atomic E-state index is 4.42. The molecule has 5 heteroatoms. The predicted octanol–water partition coefficient (Wildman–Crippen LogP) is 1.33. The molecule has 1 unspecified atom stereocenters. The summed E-state index contributed by atoms with van der Waals surface area (Å²) in [5.41, 5.74) is 4.18. The first kappa shape index (κ1) is 12.7. The van der Waals surface area contributed by atoms with E-state index in [-0.39, 0.29) is 6.04 Å². The van der Waals surface area contributed by atoms with Gasteiger partial charge in [0.25, 0.3) is 0 Å². The monoisotopic (exact) mass is 245 g/mol. The lowest BCUT2D eigenvalue weighted by molar-refractivity contribution is 0.568. The fraction of sp³-hybridized carbons (Fsp3) is 0.462. The SMILES string of the molecule is CNC(Cc1ccn(C)n1)c1cc(C)nnc1C. The van der Waals surface area contributed by atoms with E-state index >= 15 is 0 Å². The standard InChI is InChI=1S/C13H19N5/c1-9-7-12(10(2)16-15-9)13(14-3)8-11-5-6-18(4)17-11/h5-7,13-14H,8H2,1-4H3. The molecule has 0 fully saturated rings. The summed E-state index contributed by atoms with van der Waals surface area (Å²) in [6.45, 7) is 3.95. The molecule has 0 radical (unpaired) electrons. The summed E-state index contributed by atoms with van der Waals surface area (Å²) in [5, 5.41) is 16.0. The highest BCUT2D eigenvalue weighted by Crippen LogP contribution is 2.19. The molecule has 5 nitrogen and oxygen atoms in total. The van der Waals surface area contributed by atoms with E-state index < -0.39 is 0 Å². The number of aryl methyl sites for hydroxylation is 3. The van der Waals surface area contributed by atoms with Crippen LogP contribution >= 0.6 is 0 Å². The average molecular weight is 245 g/mol. The molecule has 2 heterocycles. The van der Waals surface area contributed by atoms with Gasteiger partial charge in [0.2, 0.25) is 0 Å². The smallest absolute Gasteiger partial charge is 0.0648 e. The Hall–Kier alpha value is -1.75. The Morgan fingerprint density at radius 2 is 2.11 bits per heavy atom. The first-order valence-corrected chi connectivity index (χ1v) is 6.06. The van der Waals surface area contributed by atoms with E-state index in [1.165, 1.54) is 5.56 Å². The maximum Gasteiger partial charge on any atom is 0.0648 e. The second kappa shape index (κ2) is 5.27. The van der Waals surface area contributed by atoms with E-state index in [2.05, 4.69) is 26.7 Å². The number of rotatable bonds is 4. The predicted molar refractivity (Wildman–Crippen MR) is 70.2 cm³/mol. The third kappa shape index (κ3) is 2.73. The molecule has 0 amide bonds. The van der Waals surface area contributed by atoms with Crippen LogP contribution in [0.1, 0.15) is 28.7 Å². The maximum absolute atomic E-state index is 4.42.